The van der Waals surface area contributed by atoms with Crippen molar-refractivity contribution in [3.63, 3.8) is 0 Å². The molecule has 6 heteroatoms. The number of carbonyl (C=O) groups excluding carboxylic acids is 1. The van der Waals surface area contributed by atoms with Crippen molar-refractivity contribution in [2.75, 3.05) is 6.54 Å². The first kappa shape index (κ1) is 16.1. The van der Waals surface area contributed by atoms with E-state index in [4.69, 9.17) is 0 Å². The molecule has 0 aliphatic rings. The van der Waals surface area contributed by atoms with Gasteiger partial charge in [0.1, 0.15) is 11.5 Å². The van der Waals surface area contributed by atoms with Crippen LogP contribution in [0.2, 0.25) is 0 Å². The summed E-state index contributed by atoms with van der Waals surface area (Å²) >= 11 is 0. The number of pyridine rings is 1. The molecule has 130 valence electrons. The zero-order valence-electron chi connectivity index (χ0n) is 13.8. The third kappa shape index (κ3) is 2.97. The minimum Gasteiger partial charge on any atom is -0.361 e. The molecule has 0 saturated carbocycles. The van der Waals surface area contributed by atoms with Gasteiger partial charge >= 0.3 is 0 Å². The van der Waals surface area contributed by atoms with E-state index < -0.39 is 0 Å². The fourth-order valence-electron chi connectivity index (χ4n) is 3.10. The van der Waals surface area contributed by atoms with Gasteiger partial charge in [0.25, 0.3) is 11.5 Å². The van der Waals surface area contributed by atoms with Crippen molar-refractivity contribution in [2.24, 2.45) is 0 Å². The number of H-pyrrole nitrogens is 2. The number of benzene rings is 2. The minimum atomic E-state index is -0.348. The summed E-state index contributed by atoms with van der Waals surface area (Å²) in [5, 5.41) is 4.86. The first-order valence-electron chi connectivity index (χ1n) is 8.27. The summed E-state index contributed by atoms with van der Waals surface area (Å²) in [6.07, 6.45) is 2.36. The lowest BCUT2D eigenvalue weighted by Crippen LogP contribution is -2.28. The Labute approximate surface area is 147 Å². The second-order valence-corrected chi connectivity index (χ2v) is 6.11. The molecular weight excluding hydrogens is 333 g/mol. The first-order valence-corrected chi connectivity index (χ1v) is 8.27. The Hall–Kier alpha value is -3.41. The predicted molar refractivity (Wildman–Crippen MR) is 98.9 cm³/mol. The Bertz CT molecular complexity index is 1180. The Kier molecular flexibility index (Phi) is 4.01. The van der Waals surface area contributed by atoms with E-state index in [1.165, 1.54) is 12.1 Å². The number of hydrogen-bond acceptors (Lipinski definition) is 2. The number of hydrogen-bond donors (Lipinski definition) is 3. The molecule has 2 heterocycles. The highest BCUT2D eigenvalue weighted by Crippen LogP contribution is 2.19. The van der Waals surface area contributed by atoms with Crippen LogP contribution in [-0.2, 0) is 6.42 Å². The van der Waals surface area contributed by atoms with Gasteiger partial charge in [0.15, 0.2) is 0 Å². The molecule has 0 atom stereocenters. The van der Waals surface area contributed by atoms with Gasteiger partial charge in [-0.05, 0) is 47.7 Å². The van der Waals surface area contributed by atoms with Gasteiger partial charge in [-0.25, -0.2) is 4.39 Å². The lowest BCUT2D eigenvalue weighted by Gasteiger charge is -2.06. The van der Waals surface area contributed by atoms with Crippen molar-refractivity contribution in [3.8, 4) is 0 Å². The second kappa shape index (κ2) is 6.48. The molecule has 0 aliphatic carbocycles. The minimum absolute atomic E-state index is 0.221. The third-order valence-corrected chi connectivity index (χ3v) is 4.41. The van der Waals surface area contributed by atoms with Gasteiger partial charge in [-0.15, -0.1) is 0 Å². The summed E-state index contributed by atoms with van der Waals surface area (Å²) in [5.41, 5.74) is 1.71. The predicted octanol–water partition coefficient (Wildman–Crippen LogP) is 3.12. The molecule has 1 amide bonds. The van der Waals surface area contributed by atoms with Crippen LogP contribution in [0.3, 0.4) is 0 Å². The van der Waals surface area contributed by atoms with Crippen LogP contribution >= 0.6 is 0 Å². The van der Waals surface area contributed by atoms with Crippen LogP contribution in [0, 0.1) is 5.82 Å². The maximum absolute atomic E-state index is 13.4. The van der Waals surface area contributed by atoms with Crippen molar-refractivity contribution < 1.29 is 9.18 Å². The summed E-state index contributed by atoms with van der Waals surface area (Å²) in [6, 6.07) is 13.3. The number of halogens is 1. The van der Waals surface area contributed by atoms with Crippen LogP contribution in [0.1, 0.15) is 16.1 Å². The number of carbonyl (C=O) groups is 1. The number of aromatic amines is 2. The highest BCUT2D eigenvalue weighted by molar-refractivity contribution is 5.96. The Morgan fingerprint density at radius 2 is 1.92 bits per heavy atom. The molecule has 4 aromatic rings. The van der Waals surface area contributed by atoms with E-state index in [0.29, 0.717) is 23.7 Å². The number of fused-ring (bicyclic) bond motifs is 2. The van der Waals surface area contributed by atoms with Crippen LogP contribution in [0.25, 0.3) is 21.7 Å². The van der Waals surface area contributed by atoms with E-state index in [2.05, 4.69) is 15.3 Å². The van der Waals surface area contributed by atoms with Gasteiger partial charge in [-0.3, -0.25) is 9.59 Å². The third-order valence-electron chi connectivity index (χ3n) is 4.41. The molecule has 0 saturated heterocycles. The fourth-order valence-corrected chi connectivity index (χ4v) is 3.10. The summed E-state index contributed by atoms with van der Waals surface area (Å²) < 4.78 is 13.4. The normalized spacial score (nSPS) is 11.1. The summed E-state index contributed by atoms with van der Waals surface area (Å²) in [6.45, 7) is 0.372. The SMILES string of the molecule is O=C(NCCc1c[nH]c2ccc(F)cc12)c1cc2ccccc2c(=O)[nH]1. The van der Waals surface area contributed by atoms with Crippen LogP contribution in [-0.4, -0.2) is 22.4 Å². The van der Waals surface area contributed by atoms with Crippen molar-refractivity contribution in [2.45, 2.75) is 6.42 Å². The van der Waals surface area contributed by atoms with Crippen LogP contribution in [0.4, 0.5) is 4.39 Å². The van der Waals surface area contributed by atoms with Crippen molar-refractivity contribution in [1.29, 1.82) is 0 Å². The molecule has 2 aromatic heterocycles. The Balaban J connectivity index is 1.48. The van der Waals surface area contributed by atoms with E-state index in [9.17, 15) is 14.0 Å². The molecule has 26 heavy (non-hydrogen) atoms. The number of amides is 1. The maximum Gasteiger partial charge on any atom is 0.267 e. The molecular formula is C20H16FN3O2. The highest BCUT2D eigenvalue weighted by atomic mass is 19.1. The Morgan fingerprint density at radius 3 is 2.81 bits per heavy atom. The van der Waals surface area contributed by atoms with Crippen LogP contribution < -0.4 is 10.9 Å². The van der Waals surface area contributed by atoms with Crippen molar-refractivity contribution in [1.82, 2.24) is 15.3 Å². The zero-order chi connectivity index (χ0) is 18.1. The molecule has 0 bridgehead atoms. The lowest BCUT2D eigenvalue weighted by atomic mass is 10.1. The van der Waals surface area contributed by atoms with E-state index >= 15 is 0 Å². The molecule has 4 rings (SSSR count). The topological polar surface area (TPSA) is 77.8 Å². The fraction of sp³-hybridized carbons (Fsp3) is 0.100. The Morgan fingerprint density at radius 1 is 1.08 bits per heavy atom. The molecule has 0 fully saturated rings. The average Bonchev–Trinajstić information content (AvgIpc) is 3.04. The first-order chi connectivity index (χ1) is 12.6. The number of rotatable bonds is 4. The summed E-state index contributed by atoms with van der Waals surface area (Å²) in [7, 11) is 0. The standard InChI is InChI=1S/C20H16FN3O2/c21-14-5-6-17-16(10-14)13(11-23-17)7-8-22-20(26)18-9-12-3-1-2-4-15(12)19(25)24-18/h1-6,9-11,23H,7-8H2,(H,22,26)(H,24,25). The molecule has 3 N–H and O–H groups in total. The molecule has 0 spiro atoms. The molecule has 0 aliphatic heterocycles. The summed E-state index contributed by atoms with van der Waals surface area (Å²) in [5.74, 6) is -0.644. The zero-order valence-corrected chi connectivity index (χ0v) is 13.8. The van der Waals surface area contributed by atoms with E-state index in [1.807, 2.05) is 12.3 Å². The summed E-state index contributed by atoms with van der Waals surface area (Å²) in [4.78, 5) is 30.1. The largest absolute Gasteiger partial charge is 0.361 e. The molecule has 5 nitrogen and oxygen atoms in total. The number of aromatic nitrogens is 2. The molecule has 2 aromatic carbocycles. The van der Waals surface area contributed by atoms with Gasteiger partial charge in [-0.2, -0.15) is 0 Å². The average molecular weight is 349 g/mol. The van der Waals surface area contributed by atoms with Crippen LogP contribution in [0.15, 0.2) is 59.5 Å². The van der Waals surface area contributed by atoms with Crippen LogP contribution in [0.5, 0.6) is 0 Å². The van der Waals surface area contributed by atoms with Gasteiger partial charge < -0.3 is 15.3 Å². The van der Waals surface area contributed by atoms with Gasteiger partial charge in [0.05, 0.1) is 0 Å². The monoisotopic (exact) mass is 349 g/mol. The highest BCUT2D eigenvalue weighted by Gasteiger charge is 2.10. The van der Waals surface area contributed by atoms with Crippen molar-refractivity contribution in [3.05, 3.63) is 82.2 Å². The van der Waals surface area contributed by atoms with Gasteiger partial charge in [0, 0.05) is 29.0 Å². The smallest absolute Gasteiger partial charge is 0.267 e. The van der Waals surface area contributed by atoms with Gasteiger partial charge in [0.2, 0.25) is 0 Å². The van der Waals surface area contributed by atoms with E-state index in [-0.39, 0.29) is 23.0 Å². The molecule has 0 unspecified atom stereocenters. The lowest BCUT2D eigenvalue weighted by molar-refractivity contribution is 0.0949. The van der Waals surface area contributed by atoms with E-state index in [0.717, 1.165) is 16.5 Å². The van der Waals surface area contributed by atoms with Gasteiger partial charge in [-0.1, -0.05) is 18.2 Å². The van der Waals surface area contributed by atoms with E-state index in [1.54, 1.807) is 30.3 Å². The second-order valence-electron chi connectivity index (χ2n) is 6.11. The quantitative estimate of drug-likeness (QED) is 0.529. The molecule has 0 radical (unpaired) electrons. The maximum atomic E-state index is 13.4. The van der Waals surface area contributed by atoms with Crippen molar-refractivity contribution >= 4 is 27.6 Å². The number of nitrogens with one attached hydrogen (secondary N) is 3.